The maximum absolute atomic E-state index is 12.1. The van der Waals surface area contributed by atoms with Gasteiger partial charge in [0, 0.05) is 18.8 Å². The molecule has 1 unspecified atom stereocenters. The Kier molecular flexibility index (Phi) is 4.99. The number of hydrogen-bond donors (Lipinski definition) is 2. The van der Waals surface area contributed by atoms with Crippen LogP contribution in [0.2, 0.25) is 0 Å². The molecule has 0 aliphatic carbocycles. The van der Waals surface area contributed by atoms with Crippen LogP contribution >= 0.6 is 0 Å². The lowest BCUT2D eigenvalue weighted by Crippen LogP contribution is -2.26. The summed E-state index contributed by atoms with van der Waals surface area (Å²) in [4.78, 5) is 20.1. The highest BCUT2D eigenvalue weighted by molar-refractivity contribution is 5.94. The molecule has 3 rings (SSSR count). The minimum absolute atomic E-state index is 0.101. The van der Waals surface area contributed by atoms with Crippen molar-refractivity contribution in [1.82, 2.24) is 9.97 Å². The molecular weight excluding hydrogens is 306 g/mol. The Morgan fingerprint density at radius 2 is 2.29 bits per heavy atom. The Balaban J connectivity index is 1.58. The van der Waals surface area contributed by atoms with Crippen molar-refractivity contribution < 1.29 is 9.53 Å². The fourth-order valence-electron chi connectivity index (χ4n) is 2.44. The number of benzene rings is 1. The van der Waals surface area contributed by atoms with E-state index in [1.807, 2.05) is 30.3 Å². The van der Waals surface area contributed by atoms with E-state index in [1.165, 1.54) is 12.4 Å². The Bertz CT molecular complexity index is 748. The Hall–Kier alpha value is -2.98. The van der Waals surface area contributed by atoms with Gasteiger partial charge < -0.3 is 15.4 Å². The van der Waals surface area contributed by atoms with Crippen molar-refractivity contribution in [1.29, 1.82) is 5.26 Å². The number of carbonyl (C=O) groups is 1. The van der Waals surface area contributed by atoms with Crippen LogP contribution in [0.5, 0.6) is 0 Å². The number of nitrogens with zero attached hydrogens (tertiary/aromatic N) is 3. The summed E-state index contributed by atoms with van der Waals surface area (Å²) in [5, 5.41) is 14.7. The standard InChI is InChI=1S/C17H17N5O2/c18-8-14-10-21-16(11-19-14)20-9-12-3-1-4-13(7-12)22-17(23)15-5-2-6-24-15/h1,3-4,7,10-11,15H,2,5-6,9H2,(H,20,21)(H,22,23). The zero-order chi connectivity index (χ0) is 16.8. The van der Waals surface area contributed by atoms with Crippen molar-refractivity contribution in [2.24, 2.45) is 0 Å². The molecule has 1 aromatic heterocycles. The fraction of sp³-hybridized carbons (Fsp3) is 0.294. The number of rotatable bonds is 5. The highest BCUT2D eigenvalue weighted by Gasteiger charge is 2.23. The smallest absolute Gasteiger partial charge is 0.253 e. The Morgan fingerprint density at radius 3 is 3.00 bits per heavy atom. The summed E-state index contributed by atoms with van der Waals surface area (Å²) < 4.78 is 5.38. The zero-order valence-electron chi connectivity index (χ0n) is 13.0. The van der Waals surface area contributed by atoms with Crippen molar-refractivity contribution in [3.8, 4) is 6.07 Å². The van der Waals surface area contributed by atoms with E-state index in [0.717, 1.165) is 24.1 Å². The molecule has 7 nitrogen and oxygen atoms in total. The highest BCUT2D eigenvalue weighted by atomic mass is 16.5. The van der Waals surface area contributed by atoms with Gasteiger partial charge in [-0.05, 0) is 30.5 Å². The third kappa shape index (κ3) is 4.06. The molecule has 2 N–H and O–H groups in total. The summed E-state index contributed by atoms with van der Waals surface area (Å²) in [6, 6.07) is 9.50. The van der Waals surface area contributed by atoms with Crippen LogP contribution in [0, 0.1) is 11.3 Å². The predicted octanol–water partition coefficient (Wildman–Crippen LogP) is 2.08. The second kappa shape index (κ2) is 7.53. The van der Waals surface area contributed by atoms with E-state index in [4.69, 9.17) is 10.00 Å². The monoisotopic (exact) mass is 323 g/mol. The summed E-state index contributed by atoms with van der Waals surface area (Å²) in [7, 11) is 0. The lowest BCUT2D eigenvalue weighted by atomic mass is 10.2. The first-order valence-corrected chi connectivity index (χ1v) is 7.72. The second-order valence-electron chi connectivity index (χ2n) is 5.44. The summed E-state index contributed by atoms with van der Waals surface area (Å²) in [6.45, 7) is 1.18. The molecule has 2 aromatic rings. The molecule has 122 valence electrons. The molecule has 2 heterocycles. The van der Waals surface area contributed by atoms with Crippen LogP contribution in [0.3, 0.4) is 0 Å². The minimum Gasteiger partial charge on any atom is -0.368 e. The molecular formula is C17H17N5O2. The van der Waals surface area contributed by atoms with Crippen LogP contribution in [-0.2, 0) is 16.1 Å². The van der Waals surface area contributed by atoms with Crippen molar-refractivity contribution in [2.45, 2.75) is 25.5 Å². The van der Waals surface area contributed by atoms with E-state index in [0.29, 0.717) is 19.0 Å². The number of nitriles is 1. The van der Waals surface area contributed by atoms with Crippen LogP contribution in [-0.4, -0.2) is 28.6 Å². The SMILES string of the molecule is N#Cc1cnc(NCc2cccc(NC(=O)C3CCCO3)c2)cn1. The fourth-order valence-corrected chi connectivity index (χ4v) is 2.44. The van der Waals surface area contributed by atoms with Crippen LogP contribution in [0.1, 0.15) is 24.1 Å². The molecule has 0 bridgehead atoms. The molecule has 0 saturated carbocycles. The number of ether oxygens (including phenoxy) is 1. The highest BCUT2D eigenvalue weighted by Crippen LogP contribution is 2.16. The molecule has 0 spiro atoms. The van der Waals surface area contributed by atoms with Crippen LogP contribution in [0.25, 0.3) is 0 Å². The van der Waals surface area contributed by atoms with Gasteiger partial charge in [-0.1, -0.05) is 12.1 Å². The van der Waals surface area contributed by atoms with E-state index in [-0.39, 0.29) is 17.7 Å². The first-order valence-electron chi connectivity index (χ1n) is 7.72. The van der Waals surface area contributed by atoms with Crippen molar-refractivity contribution in [2.75, 3.05) is 17.2 Å². The molecule has 1 amide bonds. The van der Waals surface area contributed by atoms with Gasteiger partial charge in [0.15, 0.2) is 5.69 Å². The first-order chi connectivity index (χ1) is 11.7. The van der Waals surface area contributed by atoms with Gasteiger partial charge in [-0.15, -0.1) is 0 Å². The van der Waals surface area contributed by atoms with Gasteiger partial charge in [-0.25, -0.2) is 9.97 Å². The topological polar surface area (TPSA) is 99.9 Å². The van der Waals surface area contributed by atoms with Gasteiger partial charge in [-0.2, -0.15) is 5.26 Å². The van der Waals surface area contributed by atoms with E-state index < -0.39 is 0 Å². The average Bonchev–Trinajstić information content (AvgIpc) is 3.15. The number of carbonyl (C=O) groups excluding carboxylic acids is 1. The summed E-state index contributed by atoms with van der Waals surface area (Å²) in [6.07, 6.45) is 4.28. The molecule has 1 atom stereocenters. The number of hydrogen-bond acceptors (Lipinski definition) is 6. The van der Waals surface area contributed by atoms with Gasteiger partial charge in [0.05, 0.1) is 12.4 Å². The van der Waals surface area contributed by atoms with Crippen molar-refractivity contribution in [3.63, 3.8) is 0 Å². The third-order valence-electron chi connectivity index (χ3n) is 3.66. The van der Waals surface area contributed by atoms with E-state index in [2.05, 4.69) is 20.6 Å². The van der Waals surface area contributed by atoms with E-state index >= 15 is 0 Å². The molecule has 24 heavy (non-hydrogen) atoms. The van der Waals surface area contributed by atoms with Gasteiger partial charge >= 0.3 is 0 Å². The lowest BCUT2D eigenvalue weighted by Gasteiger charge is -2.12. The van der Waals surface area contributed by atoms with E-state index in [1.54, 1.807) is 0 Å². The largest absolute Gasteiger partial charge is 0.368 e. The van der Waals surface area contributed by atoms with E-state index in [9.17, 15) is 4.79 Å². The van der Waals surface area contributed by atoms with Crippen LogP contribution in [0.15, 0.2) is 36.7 Å². The van der Waals surface area contributed by atoms with Gasteiger partial charge in [0.1, 0.15) is 18.0 Å². The maximum Gasteiger partial charge on any atom is 0.253 e. The van der Waals surface area contributed by atoms with Crippen molar-refractivity contribution >= 4 is 17.4 Å². The third-order valence-corrected chi connectivity index (χ3v) is 3.66. The number of nitrogens with one attached hydrogen (secondary N) is 2. The van der Waals surface area contributed by atoms with Gasteiger partial charge in [0.25, 0.3) is 5.91 Å². The molecule has 1 fully saturated rings. The quantitative estimate of drug-likeness (QED) is 0.874. The molecule has 0 radical (unpaired) electrons. The Morgan fingerprint density at radius 1 is 1.38 bits per heavy atom. The molecule has 7 heteroatoms. The zero-order valence-corrected chi connectivity index (χ0v) is 13.0. The number of amides is 1. The van der Waals surface area contributed by atoms with Crippen LogP contribution in [0.4, 0.5) is 11.5 Å². The minimum atomic E-state index is -0.347. The molecule has 1 saturated heterocycles. The van der Waals surface area contributed by atoms with Crippen molar-refractivity contribution in [3.05, 3.63) is 47.9 Å². The average molecular weight is 323 g/mol. The van der Waals surface area contributed by atoms with Gasteiger partial charge in [0.2, 0.25) is 0 Å². The second-order valence-corrected chi connectivity index (χ2v) is 5.44. The first kappa shape index (κ1) is 15.9. The normalized spacial score (nSPS) is 16.4. The maximum atomic E-state index is 12.1. The summed E-state index contributed by atoms with van der Waals surface area (Å²) in [5.41, 5.74) is 2.01. The van der Waals surface area contributed by atoms with Gasteiger partial charge in [-0.3, -0.25) is 4.79 Å². The molecule has 1 aromatic carbocycles. The predicted molar refractivity (Wildman–Crippen MR) is 88.1 cm³/mol. The van der Waals surface area contributed by atoms with Crippen LogP contribution < -0.4 is 10.6 Å². The number of anilines is 2. The lowest BCUT2D eigenvalue weighted by molar-refractivity contribution is -0.124. The summed E-state index contributed by atoms with van der Waals surface area (Å²) >= 11 is 0. The molecule has 1 aliphatic rings. The number of aromatic nitrogens is 2. The molecule has 1 aliphatic heterocycles. The Labute approximate surface area is 139 Å². The summed E-state index contributed by atoms with van der Waals surface area (Å²) in [5.74, 6) is 0.485.